The predicted molar refractivity (Wildman–Crippen MR) is 115 cm³/mol. The molecule has 0 aliphatic carbocycles. The van der Waals surface area contributed by atoms with E-state index < -0.39 is 5.60 Å². The van der Waals surface area contributed by atoms with Crippen LogP contribution >= 0.6 is 0 Å². The SMILES string of the molecule is CCCC(CC(CC)OC(=O)c1ccccc1)(OC(=O)c1ccccc1)C(C)C. The van der Waals surface area contributed by atoms with Gasteiger partial charge in [-0.15, -0.1) is 0 Å². The highest BCUT2D eigenvalue weighted by molar-refractivity contribution is 5.90. The van der Waals surface area contributed by atoms with Gasteiger partial charge in [-0.2, -0.15) is 0 Å². The first-order valence-electron chi connectivity index (χ1n) is 10.5. The van der Waals surface area contributed by atoms with Crippen LogP contribution in [0, 0.1) is 5.92 Å². The number of hydrogen-bond acceptors (Lipinski definition) is 4. The smallest absolute Gasteiger partial charge is 0.338 e. The molecule has 0 aliphatic rings. The molecule has 2 atom stereocenters. The van der Waals surface area contributed by atoms with Crippen molar-refractivity contribution in [3.63, 3.8) is 0 Å². The van der Waals surface area contributed by atoms with Gasteiger partial charge in [0.05, 0.1) is 11.1 Å². The number of hydrogen-bond donors (Lipinski definition) is 0. The van der Waals surface area contributed by atoms with Crippen LogP contribution in [-0.2, 0) is 9.47 Å². The molecule has 2 rings (SSSR count). The van der Waals surface area contributed by atoms with E-state index in [-0.39, 0.29) is 24.0 Å². The Morgan fingerprint density at radius 1 is 0.862 bits per heavy atom. The van der Waals surface area contributed by atoms with Crippen LogP contribution in [-0.4, -0.2) is 23.6 Å². The maximum absolute atomic E-state index is 12.8. The zero-order valence-electron chi connectivity index (χ0n) is 17.9. The van der Waals surface area contributed by atoms with Crippen LogP contribution in [0.15, 0.2) is 60.7 Å². The van der Waals surface area contributed by atoms with Crippen LogP contribution in [0.5, 0.6) is 0 Å². The summed E-state index contributed by atoms with van der Waals surface area (Å²) in [4.78, 5) is 25.4. The Morgan fingerprint density at radius 2 is 1.38 bits per heavy atom. The van der Waals surface area contributed by atoms with Gasteiger partial charge in [0, 0.05) is 6.42 Å². The molecule has 4 heteroatoms. The molecular formula is C25H32O4. The van der Waals surface area contributed by atoms with Gasteiger partial charge in [0.2, 0.25) is 0 Å². The fraction of sp³-hybridized carbons (Fsp3) is 0.440. The van der Waals surface area contributed by atoms with E-state index in [1.54, 1.807) is 24.3 Å². The van der Waals surface area contributed by atoms with Crippen LogP contribution < -0.4 is 0 Å². The lowest BCUT2D eigenvalue weighted by atomic mass is 9.80. The van der Waals surface area contributed by atoms with E-state index in [4.69, 9.17) is 9.47 Å². The van der Waals surface area contributed by atoms with Crippen molar-refractivity contribution in [2.75, 3.05) is 0 Å². The number of carbonyl (C=O) groups is 2. The van der Waals surface area contributed by atoms with E-state index in [0.29, 0.717) is 30.4 Å². The fourth-order valence-electron chi connectivity index (χ4n) is 3.53. The topological polar surface area (TPSA) is 52.6 Å². The van der Waals surface area contributed by atoms with E-state index >= 15 is 0 Å². The Kier molecular flexibility index (Phi) is 8.44. The summed E-state index contributed by atoms with van der Waals surface area (Å²) in [6, 6.07) is 18.0. The number of rotatable bonds is 10. The summed E-state index contributed by atoms with van der Waals surface area (Å²) in [5.74, 6) is -0.599. The van der Waals surface area contributed by atoms with E-state index in [1.807, 2.05) is 43.3 Å². The minimum absolute atomic E-state index is 0.0830. The van der Waals surface area contributed by atoms with Crippen LogP contribution in [0.4, 0.5) is 0 Å². The van der Waals surface area contributed by atoms with Crippen LogP contribution in [0.25, 0.3) is 0 Å². The highest BCUT2D eigenvalue weighted by atomic mass is 16.6. The summed E-state index contributed by atoms with van der Waals surface area (Å²) < 4.78 is 11.9. The summed E-state index contributed by atoms with van der Waals surface area (Å²) >= 11 is 0. The third-order valence-corrected chi connectivity index (χ3v) is 5.34. The lowest BCUT2D eigenvalue weighted by Gasteiger charge is -2.39. The van der Waals surface area contributed by atoms with Gasteiger partial charge in [-0.25, -0.2) is 9.59 Å². The molecule has 0 N–H and O–H groups in total. The first kappa shape index (κ1) is 22.7. The third-order valence-electron chi connectivity index (χ3n) is 5.34. The second-order valence-corrected chi connectivity index (χ2v) is 7.73. The molecule has 0 amide bonds. The molecule has 0 saturated heterocycles. The molecule has 2 unspecified atom stereocenters. The molecule has 0 saturated carbocycles. The maximum Gasteiger partial charge on any atom is 0.338 e. The van der Waals surface area contributed by atoms with Crippen LogP contribution in [0.2, 0.25) is 0 Å². The van der Waals surface area contributed by atoms with E-state index in [1.165, 1.54) is 0 Å². The Balaban J connectivity index is 2.21. The van der Waals surface area contributed by atoms with Crippen molar-refractivity contribution in [1.82, 2.24) is 0 Å². The molecule has 0 aliphatic heterocycles. The van der Waals surface area contributed by atoms with Gasteiger partial charge in [0.25, 0.3) is 0 Å². The molecule has 0 aromatic heterocycles. The van der Waals surface area contributed by atoms with Gasteiger partial charge >= 0.3 is 11.9 Å². The standard InChI is InChI=1S/C25H32O4/c1-5-17-25(19(3)4,29-24(27)21-15-11-8-12-16-21)18-22(6-2)28-23(26)20-13-9-7-10-14-20/h7-16,19,22H,5-6,17-18H2,1-4H3. The highest BCUT2D eigenvalue weighted by Crippen LogP contribution is 2.35. The largest absolute Gasteiger partial charge is 0.459 e. The monoisotopic (exact) mass is 396 g/mol. The minimum Gasteiger partial charge on any atom is -0.459 e. The Bertz CT molecular complexity index is 770. The summed E-state index contributed by atoms with van der Waals surface area (Å²) in [5.41, 5.74) is 0.361. The van der Waals surface area contributed by atoms with Crippen LogP contribution in [0.3, 0.4) is 0 Å². The van der Waals surface area contributed by atoms with Gasteiger partial charge in [0.15, 0.2) is 0 Å². The lowest BCUT2D eigenvalue weighted by molar-refractivity contribution is -0.0777. The molecule has 156 valence electrons. The second-order valence-electron chi connectivity index (χ2n) is 7.73. The molecule has 2 aromatic carbocycles. The van der Waals surface area contributed by atoms with Crippen molar-refractivity contribution < 1.29 is 19.1 Å². The highest BCUT2D eigenvalue weighted by Gasteiger charge is 2.40. The molecule has 0 spiro atoms. The molecular weight excluding hydrogens is 364 g/mol. The van der Waals surface area contributed by atoms with Crippen molar-refractivity contribution in [1.29, 1.82) is 0 Å². The van der Waals surface area contributed by atoms with E-state index in [0.717, 1.165) is 6.42 Å². The molecule has 0 bridgehead atoms. The van der Waals surface area contributed by atoms with Gasteiger partial charge < -0.3 is 9.47 Å². The van der Waals surface area contributed by atoms with Crippen molar-refractivity contribution >= 4 is 11.9 Å². The zero-order valence-corrected chi connectivity index (χ0v) is 17.9. The second kappa shape index (κ2) is 10.8. The first-order chi connectivity index (χ1) is 13.9. The maximum atomic E-state index is 12.8. The van der Waals surface area contributed by atoms with Crippen molar-refractivity contribution in [2.45, 2.75) is 65.1 Å². The normalized spacial score (nSPS) is 14.1. The molecule has 0 fully saturated rings. The summed E-state index contributed by atoms with van der Waals surface area (Å²) in [6.07, 6.45) is 2.37. The van der Waals surface area contributed by atoms with Crippen molar-refractivity contribution in [3.05, 3.63) is 71.8 Å². The predicted octanol–water partition coefficient (Wildman–Crippen LogP) is 6.06. The van der Waals surface area contributed by atoms with Gasteiger partial charge in [-0.05, 0) is 43.0 Å². The molecule has 29 heavy (non-hydrogen) atoms. The average molecular weight is 397 g/mol. The zero-order chi connectivity index (χ0) is 21.3. The van der Waals surface area contributed by atoms with Crippen molar-refractivity contribution in [2.24, 2.45) is 5.92 Å². The lowest BCUT2D eigenvalue weighted by Crippen LogP contribution is -2.44. The fourth-order valence-corrected chi connectivity index (χ4v) is 3.53. The number of esters is 2. The van der Waals surface area contributed by atoms with E-state index in [9.17, 15) is 9.59 Å². The van der Waals surface area contributed by atoms with Gasteiger partial charge in [-0.3, -0.25) is 0 Å². The van der Waals surface area contributed by atoms with Crippen molar-refractivity contribution in [3.8, 4) is 0 Å². The number of benzene rings is 2. The molecule has 4 nitrogen and oxygen atoms in total. The Labute approximate surface area is 174 Å². The van der Waals surface area contributed by atoms with Gasteiger partial charge in [-0.1, -0.05) is 70.5 Å². The Hall–Kier alpha value is -2.62. The number of ether oxygens (including phenoxy) is 2. The summed E-state index contributed by atoms with van der Waals surface area (Å²) in [5, 5.41) is 0. The minimum atomic E-state index is -0.695. The first-order valence-corrected chi connectivity index (χ1v) is 10.5. The summed E-state index contributed by atoms with van der Waals surface area (Å²) in [7, 11) is 0. The van der Waals surface area contributed by atoms with Gasteiger partial charge in [0.1, 0.15) is 11.7 Å². The average Bonchev–Trinajstić information content (AvgIpc) is 2.74. The van der Waals surface area contributed by atoms with Crippen LogP contribution in [0.1, 0.15) is 74.1 Å². The van der Waals surface area contributed by atoms with E-state index in [2.05, 4.69) is 20.8 Å². The molecule has 2 aromatic rings. The third kappa shape index (κ3) is 6.18. The quantitative estimate of drug-likeness (QED) is 0.458. The molecule has 0 heterocycles. The number of carbonyl (C=O) groups excluding carboxylic acids is 2. The molecule has 0 radical (unpaired) electrons. The Morgan fingerprint density at radius 3 is 1.83 bits per heavy atom. The summed E-state index contributed by atoms with van der Waals surface area (Å²) in [6.45, 7) is 8.17.